The summed E-state index contributed by atoms with van der Waals surface area (Å²) in [5.74, 6) is 0.337. The van der Waals surface area contributed by atoms with Crippen molar-refractivity contribution in [1.82, 2.24) is 4.83 Å². The molecule has 0 heterocycles. The van der Waals surface area contributed by atoms with Gasteiger partial charge in [0.25, 0.3) is 10.0 Å². The minimum Gasteiger partial charge on any atom is -0.495 e. The van der Waals surface area contributed by atoms with Gasteiger partial charge in [0.05, 0.1) is 31.5 Å². The molecule has 0 atom stereocenters. The fourth-order valence-electron chi connectivity index (χ4n) is 2.58. The van der Waals surface area contributed by atoms with Crippen LogP contribution < -0.4 is 19.0 Å². The fourth-order valence-corrected chi connectivity index (χ4v) is 3.63. The maximum Gasteiger partial charge on any atom is 0.315 e. The summed E-state index contributed by atoms with van der Waals surface area (Å²) >= 11 is 0. The molecule has 1 N–H and O–H groups in total. The Kier molecular flexibility index (Phi) is 7.59. The highest BCUT2D eigenvalue weighted by Gasteiger charge is 2.22. The molecule has 10 nitrogen and oxygen atoms in total. The summed E-state index contributed by atoms with van der Waals surface area (Å²) in [6.07, 6.45) is 1.14. The minimum atomic E-state index is -4.02. The predicted octanol–water partition coefficient (Wildman–Crippen LogP) is 3.02. The van der Waals surface area contributed by atoms with E-state index in [9.17, 15) is 18.5 Å². The fraction of sp³-hybridized carbons (Fsp3) is 0.316. The summed E-state index contributed by atoms with van der Waals surface area (Å²) in [6.45, 7) is 5.65. The van der Waals surface area contributed by atoms with Crippen LogP contribution in [0.1, 0.15) is 25.0 Å². The van der Waals surface area contributed by atoms with E-state index < -0.39 is 14.9 Å². The van der Waals surface area contributed by atoms with Gasteiger partial charge in [0, 0.05) is 11.6 Å². The highest BCUT2D eigenvalue weighted by Crippen LogP contribution is 2.38. The van der Waals surface area contributed by atoms with Crippen LogP contribution in [0.5, 0.6) is 17.2 Å². The van der Waals surface area contributed by atoms with E-state index in [1.54, 1.807) is 26.8 Å². The smallest absolute Gasteiger partial charge is 0.315 e. The quantitative estimate of drug-likeness (QED) is 0.343. The minimum absolute atomic E-state index is 0.00609. The zero-order valence-electron chi connectivity index (χ0n) is 17.0. The van der Waals surface area contributed by atoms with E-state index in [1.807, 2.05) is 0 Å². The third-order valence-electron chi connectivity index (χ3n) is 3.84. The standard InChI is InChI=1S/C19H23N3O7S/c1-5-28-17-11-14(10-15(22(23)24)19(17)29-6-2)12-20-21-30(25,26)18-9-13(3)7-8-16(18)27-4/h7-12,21H,5-6H2,1-4H3/b20-12+. The number of nitrogens with one attached hydrogen (secondary N) is 1. The summed E-state index contributed by atoms with van der Waals surface area (Å²) < 4.78 is 41.0. The maximum atomic E-state index is 12.6. The number of benzene rings is 2. The molecule has 0 spiro atoms. The number of aryl methyl sites for hydroxylation is 1. The number of methoxy groups -OCH3 is 1. The van der Waals surface area contributed by atoms with E-state index in [-0.39, 0.29) is 46.6 Å². The number of ether oxygens (including phenoxy) is 3. The number of hydrazone groups is 1. The summed E-state index contributed by atoms with van der Waals surface area (Å²) in [5, 5.41) is 15.2. The van der Waals surface area contributed by atoms with Gasteiger partial charge in [-0.3, -0.25) is 10.1 Å². The topological polar surface area (TPSA) is 129 Å². The van der Waals surface area contributed by atoms with E-state index in [0.717, 1.165) is 11.8 Å². The van der Waals surface area contributed by atoms with Crippen molar-refractivity contribution in [2.24, 2.45) is 5.10 Å². The third kappa shape index (κ3) is 5.38. The summed E-state index contributed by atoms with van der Waals surface area (Å²) in [7, 11) is -2.66. The average Bonchev–Trinajstić information content (AvgIpc) is 2.69. The van der Waals surface area contributed by atoms with Crippen LogP contribution >= 0.6 is 0 Å². The molecule has 0 bridgehead atoms. The Morgan fingerprint density at radius 3 is 2.43 bits per heavy atom. The second-order valence-electron chi connectivity index (χ2n) is 6.00. The van der Waals surface area contributed by atoms with Crippen LogP contribution in [0.25, 0.3) is 0 Å². The van der Waals surface area contributed by atoms with Crippen LogP contribution in [0.15, 0.2) is 40.3 Å². The summed E-state index contributed by atoms with van der Waals surface area (Å²) in [6, 6.07) is 7.41. The zero-order chi connectivity index (χ0) is 22.3. The van der Waals surface area contributed by atoms with Crippen molar-refractivity contribution in [3.8, 4) is 17.2 Å². The number of hydrogen-bond donors (Lipinski definition) is 1. The highest BCUT2D eigenvalue weighted by atomic mass is 32.2. The van der Waals surface area contributed by atoms with Gasteiger partial charge in [0.15, 0.2) is 5.75 Å². The molecule has 162 valence electrons. The van der Waals surface area contributed by atoms with Crippen LogP contribution in [-0.4, -0.2) is 39.9 Å². The summed E-state index contributed by atoms with van der Waals surface area (Å²) in [4.78, 5) is 12.8. The highest BCUT2D eigenvalue weighted by molar-refractivity contribution is 7.89. The average molecular weight is 437 g/mol. The first-order chi connectivity index (χ1) is 14.2. The second kappa shape index (κ2) is 9.92. The lowest BCUT2D eigenvalue weighted by atomic mass is 10.2. The normalized spacial score (nSPS) is 11.3. The van der Waals surface area contributed by atoms with Crippen molar-refractivity contribution in [3.05, 3.63) is 51.6 Å². The van der Waals surface area contributed by atoms with E-state index in [1.165, 1.54) is 31.4 Å². The van der Waals surface area contributed by atoms with Crippen molar-refractivity contribution >= 4 is 21.9 Å². The molecule has 0 fully saturated rings. The van der Waals surface area contributed by atoms with Crippen molar-refractivity contribution in [2.45, 2.75) is 25.7 Å². The van der Waals surface area contributed by atoms with Crippen LogP contribution in [0.3, 0.4) is 0 Å². The molecule has 0 aromatic heterocycles. The lowest BCUT2D eigenvalue weighted by Crippen LogP contribution is -2.19. The Morgan fingerprint density at radius 2 is 1.83 bits per heavy atom. The zero-order valence-corrected chi connectivity index (χ0v) is 17.9. The monoisotopic (exact) mass is 437 g/mol. The SMILES string of the molecule is CCOc1cc(/C=N/NS(=O)(=O)c2cc(C)ccc2OC)cc([N+](=O)[O-])c1OCC. The number of nitro groups is 1. The Hall–Kier alpha value is -3.34. The van der Waals surface area contributed by atoms with Crippen LogP contribution in [0.4, 0.5) is 5.69 Å². The van der Waals surface area contributed by atoms with Gasteiger partial charge in [-0.1, -0.05) is 6.07 Å². The maximum absolute atomic E-state index is 12.6. The van der Waals surface area contributed by atoms with E-state index >= 15 is 0 Å². The molecule has 0 unspecified atom stereocenters. The van der Waals surface area contributed by atoms with E-state index in [4.69, 9.17) is 14.2 Å². The van der Waals surface area contributed by atoms with Crippen molar-refractivity contribution in [1.29, 1.82) is 0 Å². The van der Waals surface area contributed by atoms with Crippen molar-refractivity contribution in [2.75, 3.05) is 20.3 Å². The molecule has 2 aromatic carbocycles. The van der Waals surface area contributed by atoms with Gasteiger partial charge in [-0.15, -0.1) is 0 Å². The molecule has 0 saturated carbocycles. The molecule has 0 aliphatic carbocycles. The van der Waals surface area contributed by atoms with Crippen molar-refractivity contribution in [3.63, 3.8) is 0 Å². The van der Waals surface area contributed by atoms with Gasteiger partial charge < -0.3 is 14.2 Å². The van der Waals surface area contributed by atoms with E-state index in [2.05, 4.69) is 9.93 Å². The molecule has 0 radical (unpaired) electrons. The molecule has 0 aliphatic heterocycles. The third-order valence-corrected chi connectivity index (χ3v) is 5.08. The van der Waals surface area contributed by atoms with Gasteiger partial charge >= 0.3 is 5.69 Å². The molecule has 0 aliphatic rings. The van der Waals surface area contributed by atoms with Crippen molar-refractivity contribution < 1.29 is 27.6 Å². The Balaban J connectivity index is 2.38. The number of nitro benzene ring substituents is 1. The van der Waals surface area contributed by atoms with Crippen LogP contribution in [0.2, 0.25) is 0 Å². The number of rotatable bonds is 10. The summed E-state index contributed by atoms with van der Waals surface area (Å²) in [5.41, 5.74) is 0.670. The largest absolute Gasteiger partial charge is 0.495 e. The lowest BCUT2D eigenvalue weighted by Gasteiger charge is -2.12. The van der Waals surface area contributed by atoms with Gasteiger partial charge in [0.2, 0.25) is 5.75 Å². The molecule has 30 heavy (non-hydrogen) atoms. The van der Waals surface area contributed by atoms with Crippen LogP contribution in [-0.2, 0) is 10.0 Å². The van der Waals surface area contributed by atoms with Gasteiger partial charge in [-0.2, -0.15) is 18.4 Å². The van der Waals surface area contributed by atoms with Gasteiger partial charge in [0.1, 0.15) is 10.6 Å². The Bertz CT molecular complexity index is 1050. The first-order valence-corrected chi connectivity index (χ1v) is 10.5. The van der Waals surface area contributed by atoms with E-state index in [0.29, 0.717) is 0 Å². The molecule has 2 rings (SSSR count). The lowest BCUT2D eigenvalue weighted by molar-refractivity contribution is -0.385. The Morgan fingerprint density at radius 1 is 1.13 bits per heavy atom. The molecule has 11 heteroatoms. The van der Waals surface area contributed by atoms with Gasteiger partial charge in [-0.25, -0.2) is 0 Å². The first-order valence-electron chi connectivity index (χ1n) is 9.01. The second-order valence-corrected chi connectivity index (χ2v) is 7.63. The number of hydrogen-bond acceptors (Lipinski definition) is 8. The van der Waals surface area contributed by atoms with Crippen LogP contribution in [0, 0.1) is 17.0 Å². The molecule has 0 saturated heterocycles. The van der Waals surface area contributed by atoms with Gasteiger partial charge in [-0.05, 0) is 44.5 Å². The molecule has 0 amide bonds. The number of sulfonamides is 1. The number of nitrogens with zero attached hydrogens (tertiary/aromatic N) is 2. The first kappa shape index (κ1) is 22.9. The molecular formula is C19H23N3O7S. The molecule has 2 aromatic rings. The Labute approximate surface area is 174 Å². The molecular weight excluding hydrogens is 414 g/mol. The predicted molar refractivity (Wildman–Crippen MR) is 111 cm³/mol.